The quantitative estimate of drug-likeness (QED) is 0.689. The number of nitrogens with zero attached hydrogens (tertiary/aromatic N) is 2. The summed E-state index contributed by atoms with van der Waals surface area (Å²) >= 11 is 0. The number of para-hydroxylation sites is 1. The Morgan fingerprint density at radius 1 is 1.41 bits per heavy atom. The molecular formula is C12H13N3O2. The topological polar surface area (TPSA) is 81.5 Å². The molecule has 0 bridgehead atoms. The maximum Gasteiger partial charge on any atom is 0.150 e. The van der Waals surface area contributed by atoms with Gasteiger partial charge in [-0.3, -0.25) is 4.99 Å². The molecule has 5 nitrogen and oxygen atoms in total. The Morgan fingerprint density at radius 2 is 2.24 bits per heavy atom. The van der Waals surface area contributed by atoms with Crippen molar-refractivity contribution in [3.05, 3.63) is 48.0 Å². The summed E-state index contributed by atoms with van der Waals surface area (Å²) in [5.74, 6) is 0.144. The molecule has 0 aliphatic heterocycles. The average molecular weight is 231 g/mol. The molecule has 0 saturated carbocycles. The van der Waals surface area contributed by atoms with E-state index in [1.54, 1.807) is 36.8 Å². The van der Waals surface area contributed by atoms with Gasteiger partial charge in [-0.15, -0.1) is 0 Å². The van der Waals surface area contributed by atoms with Gasteiger partial charge in [0.05, 0.1) is 6.33 Å². The fourth-order valence-corrected chi connectivity index (χ4v) is 1.41. The summed E-state index contributed by atoms with van der Waals surface area (Å²) in [6.07, 6.45) is 4.16. The van der Waals surface area contributed by atoms with Crippen molar-refractivity contribution in [2.75, 3.05) is 0 Å². The van der Waals surface area contributed by atoms with Gasteiger partial charge in [-0.1, -0.05) is 12.1 Å². The number of aromatic hydroxyl groups is 1. The second-order valence-corrected chi connectivity index (χ2v) is 3.60. The van der Waals surface area contributed by atoms with Crippen LogP contribution >= 0.6 is 0 Å². The SMILES string of the molecule is Oc1ccccc1/C=N/[C@H](O)Cc1cnc[nH]1. The Bertz CT molecular complexity index is 494. The number of hydrogen-bond donors (Lipinski definition) is 3. The lowest BCUT2D eigenvalue weighted by atomic mass is 10.2. The van der Waals surface area contributed by atoms with Crippen molar-refractivity contribution in [3.63, 3.8) is 0 Å². The van der Waals surface area contributed by atoms with Gasteiger partial charge in [0.25, 0.3) is 0 Å². The maximum absolute atomic E-state index is 9.65. The monoisotopic (exact) mass is 231 g/mol. The predicted octanol–water partition coefficient (Wildman–Crippen LogP) is 1.10. The van der Waals surface area contributed by atoms with Crippen molar-refractivity contribution >= 4 is 6.21 Å². The van der Waals surface area contributed by atoms with Crippen molar-refractivity contribution in [3.8, 4) is 5.75 Å². The van der Waals surface area contributed by atoms with Gasteiger partial charge in [-0.05, 0) is 12.1 Å². The summed E-state index contributed by atoms with van der Waals surface area (Å²) < 4.78 is 0. The van der Waals surface area contributed by atoms with Gasteiger partial charge in [0.1, 0.15) is 5.75 Å². The number of imidazole rings is 1. The maximum atomic E-state index is 9.65. The number of phenols is 1. The second kappa shape index (κ2) is 5.27. The molecular weight excluding hydrogens is 218 g/mol. The Hall–Kier alpha value is -2.14. The van der Waals surface area contributed by atoms with Crippen molar-refractivity contribution in [1.29, 1.82) is 0 Å². The molecule has 0 saturated heterocycles. The van der Waals surface area contributed by atoms with Gasteiger partial charge in [0, 0.05) is 30.1 Å². The van der Waals surface area contributed by atoms with E-state index in [9.17, 15) is 10.2 Å². The number of rotatable bonds is 4. The molecule has 88 valence electrons. The van der Waals surface area contributed by atoms with Gasteiger partial charge >= 0.3 is 0 Å². The molecule has 5 heteroatoms. The number of aliphatic hydroxyl groups is 1. The first-order chi connectivity index (χ1) is 8.25. The number of benzene rings is 1. The zero-order chi connectivity index (χ0) is 12.1. The number of aliphatic imine (C=N–C) groups is 1. The van der Waals surface area contributed by atoms with Crippen molar-refractivity contribution in [1.82, 2.24) is 9.97 Å². The molecule has 1 heterocycles. The Balaban J connectivity index is 1.99. The third-order valence-corrected chi connectivity index (χ3v) is 2.28. The summed E-state index contributed by atoms with van der Waals surface area (Å²) in [5.41, 5.74) is 1.39. The minimum atomic E-state index is -0.852. The highest BCUT2D eigenvalue weighted by atomic mass is 16.3. The van der Waals surface area contributed by atoms with Crippen molar-refractivity contribution in [2.24, 2.45) is 4.99 Å². The van der Waals surface area contributed by atoms with Gasteiger partial charge < -0.3 is 15.2 Å². The Kier molecular flexibility index (Phi) is 3.52. The molecule has 17 heavy (non-hydrogen) atoms. The number of H-pyrrole nitrogens is 1. The van der Waals surface area contributed by atoms with Gasteiger partial charge in [0.2, 0.25) is 0 Å². The molecule has 0 spiro atoms. The summed E-state index contributed by atoms with van der Waals surface area (Å²) in [6.45, 7) is 0. The van der Waals surface area contributed by atoms with Crippen LogP contribution < -0.4 is 0 Å². The summed E-state index contributed by atoms with van der Waals surface area (Å²) in [4.78, 5) is 10.7. The number of phenolic OH excluding ortho intramolecular Hbond substituents is 1. The minimum Gasteiger partial charge on any atom is -0.507 e. The van der Waals surface area contributed by atoms with Crippen LogP contribution in [0.4, 0.5) is 0 Å². The number of aromatic amines is 1. The van der Waals surface area contributed by atoms with Crippen LogP contribution in [0.15, 0.2) is 41.8 Å². The molecule has 3 N–H and O–H groups in total. The molecule has 2 rings (SSSR count). The van der Waals surface area contributed by atoms with E-state index in [1.165, 1.54) is 6.21 Å². The van der Waals surface area contributed by atoms with Crippen LogP contribution in [0.5, 0.6) is 5.75 Å². The summed E-state index contributed by atoms with van der Waals surface area (Å²) in [6, 6.07) is 6.82. The van der Waals surface area contributed by atoms with Crippen LogP contribution in [0, 0.1) is 0 Å². The van der Waals surface area contributed by atoms with Crippen LogP contribution in [-0.4, -0.2) is 32.6 Å². The average Bonchev–Trinajstić information content (AvgIpc) is 2.81. The van der Waals surface area contributed by atoms with E-state index in [0.717, 1.165) is 5.69 Å². The molecule has 0 amide bonds. The lowest BCUT2D eigenvalue weighted by molar-refractivity contribution is 0.185. The Morgan fingerprint density at radius 3 is 2.94 bits per heavy atom. The molecule has 1 aromatic carbocycles. The lowest BCUT2D eigenvalue weighted by Crippen LogP contribution is -2.07. The number of nitrogens with one attached hydrogen (secondary N) is 1. The van der Waals surface area contributed by atoms with Gasteiger partial charge in [0.15, 0.2) is 6.23 Å². The van der Waals surface area contributed by atoms with Crippen molar-refractivity contribution in [2.45, 2.75) is 12.6 Å². The first kappa shape index (κ1) is 11.3. The van der Waals surface area contributed by atoms with E-state index in [2.05, 4.69) is 15.0 Å². The molecule has 0 radical (unpaired) electrons. The molecule has 0 unspecified atom stereocenters. The fourth-order valence-electron chi connectivity index (χ4n) is 1.41. The second-order valence-electron chi connectivity index (χ2n) is 3.60. The Labute approximate surface area is 98.5 Å². The van der Waals surface area contributed by atoms with E-state index in [1.807, 2.05) is 0 Å². The van der Waals surface area contributed by atoms with Crippen LogP contribution in [-0.2, 0) is 6.42 Å². The third kappa shape index (κ3) is 3.15. The number of hydrogen-bond acceptors (Lipinski definition) is 4. The standard InChI is InChI=1S/C12H13N3O2/c16-11-4-2-1-3-9(11)6-14-12(17)5-10-7-13-8-15-10/h1-4,6-8,12,16-17H,5H2,(H,13,15)/b14-6+/t12-/m1/s1. The largest absolute Gasteiger partial charge is 0.507 e. The normalized spacial score (nSPS) is 13.0. The van der Waals surface area contributed by atoms with Crippen LogP contribution in [0.1, 0.15) is 11.3 Å². The predicted molar refractivity (Wildman–Crippen MR) is 64.0 cm³/mol. The summed E-state index contributed by atoms with van der Waals surface area (Å²) in [7, 11) is 0. The van der Waals surface area contributed by atoms with E-state index >= 15 is 0 Å². The highest BCUT2D eigenvalue weighted by Crippen LogP contribution is 2.13. The molecule has 0 fully saturated rings. The molecule has 0 aliphatic carbocycles. The van der Waals surface area contributed by atoms with Crippen LogP contribution in [0.3, 0.4) is 0 Å². The van der Waals surface area contributed by atoms with Gasteiger partial charge in [-0.25, -0.2) is 4.98 Å². The molecule has 1 aromatic heterocycles. The van der Waals surface area contributed by atoms with E-state index in [4.69, 9.17) is 0 Å². The van der Waals surface area contributed by atoms with Gasteiger partial charge in [-0.2, -0.15) is 0 Å². The molecule has 0 aliphatic rings. The van der Waals surface area contributed by atoms with Crippen LogP contribution in [0.25, 0.3) is 0 Å². The third-order valence-electron chi connectivity index (χ3n) is 2.28. The minimum absolute atomic E-state index is 0.144. The summed E-state index contributed by atoms with van der Waals surface area (Å²) in [5, 5.41) is 19.1. The highest BCUT2D eigenvalue weighted by Gasteiger charge is 2.03. The highest BCUT2D eigenvalue weighted by molar-refractivity contribution is 5.83. The van der Waals surface area contributed by atoms with E-state index in [-0.39, 0.29) is 5.75 Å². The number of aromatic nitrogens is 2. The van der Waals surface area contributed by atoms with E-state index in [0.29, 0.717) is 12.0 Å². The van der Waals surface area contributed by atoms with Crippen LogP contribution in [0.2, 0.25) is 0 Å². The van der Waals surface area contributed by atoms with Crippen molar-refractivity contribution < 1.29 is 10.2 Å². The first-order valence-corrected chi connectivity index (χ1v) is 5.22. The molecule has 1 atom stereocenters. The zero-order valence-electron chi connectivity index (χ0n) is 9.11. The lowest BCUT2D eigenvalue weighted by Gasteiger charge is -2.03. The first-order valence-electron chi connectivity index (χ1n) is 5.22. The number of aliphatic hydroxyl groups excluding tert-OH is 1. The molecule has 2 aromatic rings. The van der Waals surface area contributed by atoms with E-state index < -0.39 is 6.23 Å². The zero-order valence-corrected chi connectivity index (χ0v) is 9.11. The fraction of sp³-hybridized carbons (Fsp3) is 0.167. The smallest absolute Gasteiger partial charge is 0.150 e.